The van der Waals surface area contributed by atoms with E-state index in [0.29, 0.717) is 31.5 Å². The highest BCUT2D eigenvalue weighted by Crippen LogP contribution is 2.40. The summed E-state index contributed by atoms with van der Waals surface area (Å²) in [5.41, 5.74) is 1.08. The van der Waals surface area contributed by atoms with Crippen LogP contribution < -0.4 is 10.5 Å². The Bertz CT molecular complexity index is 890. The number of fused-ring (bicyclic) bond motifs is 2. The summed E-state index contributed by atoms with van der Waals surface area (Å²) in [4.78, 5) is 16.3. The monoisotopic (exact) mass is 524 g/mol. The number of benzene rings is 2. The maximum Gasteiger partial charge on any atom is 0.210 e. The van der Waals surface area contributed by atoms with Crippen molar-refractivity contribution in [2.45, 2.75) is 0 Å². The Morgan fingerprint density at radius 2 is 1.75 bits per heavy atom. The van der Waals surface area contributed by atoms with Gasteiger partial charge >= 0.3 is 0 Å². The average molecular weight is 528 g/mol. The maximum atomic E-state index is 11.9. The smallest absolute Gasteiger partial charge is 0.210 e. The SMILES string of the molecule is O=c1c(Br)cc2nc3cc(Br)c([O-])c(Br)c3oc-2c1Br. The molecule has 0 saturated heterocycles. The number of halogens is 4. The summed E-state index contributed by atoms with van der Waals surface area (Å²) in [7, 11) is 0. The first-order valence-corrected chi connectivity index (χ1v) is 8.35. The van der Waals surface area contributed by atoms with Gasteiger partial charge in [-0.05, 0) is 59.9 Å². The van der Waals surface area contributed by atoms with E-state index in [0.717, 1.165) is 0 Å². The zero-order valence-corrected chi connectivity index (χ0v) is 15.7. The number of hydrogen-bond acceptors (Lipinski definition) is 4. The minimum absolute atomic E-state index is 0.238. The Morgan fingerprint density at radius 1 is 1.05 bits per heavy atom. The second kappa shape index (κ2) is 5.08. The molecule has 0 unspecified atom stereocenters. The van der Waals surface area contributed by atoms with Crippen LogP contribution in [0.2, 0.25) is 0 Å². The fraction of sp³-hybridized carbons (Fsp3) is 0. The third-order valence-corrected chi connectivity index (χ3v) is 5.29. The molecule has 1 aliphatic heterocycles. The van der Waals surface area contributed by atoms with E-state index < -0.39 is 0 Å². The predicted octanol–water partition coefficient (Wildman–Crippen LogP) is 4.42. The molecule has 0 fully saturated rings. The molecule has 102 valence electrons. The Kier molecular flexibility index (Phi) is 3.68. The second-order valence-corrected chi connectivity index (χ2v) is 7.21. The Hall–Kier alpha value is -0.440. The molecule has 1 aromatic rings. The largest absolute Gasteiger partial charge is 0.871 e. The third kappa shape index (κ3) is 2.13. The van der Waals surface area contributed by atoms with E-state index in [-0.39, 0.29) is 20.1 Å². The van der Waals surface area contributed by atoms with Crippen LogP contribution in [0.3, 0.4) is 0 Å². The molecule has 0 spiro atoms. The van der Waals surface area contributed by atoms with Crippen molar-refractivity contribution in [3.63, 3.8) is 0 Å². The molecule has 1 aromatic carbocycles. The summed E-state index contributed by atoms with van der Waals surface area (Å²) in [6.07, 6.45) is 0. The van der Waals surface area contributed by atoms with Gasteiger partial charge in [0.2, 0.25) is 5.43 Å². The quantitative estimate of drug-likeness (QED) is 0.406. The van der Waals surface area contributed by atoms with Crippen LogP contribution in [0, 0.1) is 0 Å². The highest BCUT2D eigenvalue weighted by atomic mass is 79.9. The Labute approximate surface area is 146 Å². The number of rotatable bonds is 0. The lowest BCUT2D eigenvalue weighted by molar-refractivity contribution is -0.270. The summed E-state index contributed by atoms with van der Waals surface area (Å²) in [6, 6.07) is 3.16. The first-order valence-electron chi connectivity index (χ1n) is 5.17. The number of aromatic nitrogens is 1. The molecule has 0 aromatic heterocycles. The molecule has 1 heterocycles. The molecule has 0 atom stereocenters. The minimum atomic E-state index is -0.238. The molecule has 1 aliphatic carbocycles. The number of nitrogens with zero attached hydrogens (tertiary/aromatic N) is 1. The van der Waals surface area contributed by atoms with Gasteiger partial charge in [0.25, 0.3) is 0 Å². The third-order valence-electron chi connectivity index (χ3n) is 2.67. The van der Waals surface area contributed by atoms with Gasteiger partial charge < -0.3 is 9.52 Å². The van der Waals surface area contributed by atoms with Gasteiger partial charge in [-0.3, -0.25) is 4.79 Å². The Balaban J connectivity index is 2.55. The van der Waals surface area contributed by atoms with Crippen molar-refractivity contribution in [3.05, 3.63) is 40.2 Å². The van der Waals surface area contributed by atoms with Gasteiger partial charge in [-0.1, -0.05) is 21.7 Å². The van der Waals surface area contributed by atoms with Crippen LogP contribution in [0.25, 0.3) is 22.6 Å². The van der Waals surface area contributed by atoms with Crippen molar-refractivity contribution >= 4 is 74.8 Å². The molecule has 0 radical (unpaired) electrons. The van der Waals surface area contributed by atoms with Crippen molar-refractivity contribution in [2.24, 2.45) is 0 Å². The van der Waals surface area contributed by atoms with Crippen LogP contribution in [-0.4, -0.2) is 4.98 Å². The van der Waals surface area contributed by atoms with Crippen LogP contribution in [-0.2, 0) is 0 Å². The van der Waals surface area contributed by atoms with Crippen LogP contribution in [0.5, 0.6) is 5.75 Å². The lowest BCUT2D eigenvalue weighted by Crippen LogP contribution is -2.06. The van der Waals surface area contributed by atoms with E-state index in [1.165, 1.54) is 0 Å². The van der Waals surface area contributed by atoms with E-state index in [9.17, 15) is 9.90 Å². The predicted molar refractivity (Wildman–Crippen MR) is 87.1 cm³/mol. The lowest BCUT2D eigenvalue weighted by Gasteiger charge is -2.15. The normalized spacial score (nSPS) is 11.4. The van der Waals surface area contributed by atoms with Gasteiger partial charge in [-0.25, -0.2) is 4.98 Å². The van der Waals surface area contributed by atoms with Crippen molar-refractivity contribution in [2.75, 3.05) is 0 Å². The molecule has 0 saturated carbocycles. The van der Waals surface area contributed by atoms with Crippen LogP contribution in [0.15, 0.2) is 39.2 Å². The van der Waals surface area contributed by atoms with E-state index in [4.69, 9.17) is 4.42 Å². The zero-order chi connectivity index (χ0) is 14.6. The first kappa shape index (κ1) is 14.5. The standard InChI is InChI=1S/C12H3Br4NO3/c13-3-1-5-11(7(15)9(3)18)20-12-6(17-5)2-4(14)10(19)8(12)16/h1-2,18H/p-1. The first-order chi connectivity index (χ1) is 9.40. The molecule has 0 bridgehead atoms. The summed E-state index contributed by atoms with van der Waals surface area (Å²) in [5.74, 6) is 0.0612. The van der Waals surface area contributed by atoms with E-state index in [2.05, 4.69) is 68.7 Å². The molecular weight excluding hydrogens is 526 g/mol. The van der Waals surface area contributed by atoms with Gasteiger partial charge in [0.05, 0.1) is 8.95 Å². The zero-order valence-electron chi connectivity index (χ0n) is 9.34. The molecule has 8 heteroatoms. The maximum absolute atomic E-state index is 11.9. The van der Waals surface area contributed by atoms with Gasteiger partial charge in [0.15, 0.2) is 11.3 Å². The van der Waals surface area contributed by atoms with E-state index in [1.54, 1.807) is 12.1 Å². The van der Waals surface area contributed by atoms with Crippen molar-refractivity contribution in [1.29, 1.82) is 0 Å². The van der Waals surface area contributed by atoms with E-state index in [1.807, 2.05) is 0 Å². The summed E-state index contributed by atoms with van der Waals surface area (Å²) < 4.78 is 6.98. The highest BCUT2D eigenvalue weighted by molar-refractivity contribution is 9.11. The summed E-state index contributed by atoms with van der Waals surface area (Å²) in [5, 5.41) is 11.9. The highest BCUT2D eigenvalue weighted by Gasteiger charge is 2.19. The van der Waals surface area contributed by atoms with Crippen molar-refractivity contribution in [1.82, 2.24) is 4.98 Å². The lowest BCUT2D eigenvalue weighted by atomic mass is 10.2. The topological polar surface area (TPSA) is 66.2 Å². The van der Waals surface area contributed by atoms with Crippen LogP contribution >= 0.6 is 63.7 Å². The fourth-order valence-corrected chi connectivity index (χ4v) is 4.09. The van der Waals surface area contributed by atoms with Crippen LogP contribution in [0.1, 0.15) is 0 Å². The summed E-state index contributed by atoms with van der Waals surface area (Å²) in [6.45, 7) is 0. The van der Waals surface area contributed by atoms with Gasteiger partial charge in [0, 0.05) is 4.47 Å². The van der Waals surface area contributed by atoms with Gasteiger partial charge in [-0.15, -0.1) is 0 Å². The number of hydrogen-bond donors (Lipinski definition) is 0. The molecule has 4 nitrogen and oxygen atoms in total. The van der Waals surface area contributed by atoms with Gasteiger partial charge in [-0.2, -0.15) is 0 Å². The molecular formula is C12H2Br4NO3-. The second-order valence-electron chi connectivity index (χ2n) is 3.91. The summed E-state index contributed by atoms with van der Waals surface area (Å²) >= 11 is 12.8. The molecule has 20 heavy (non-hydrogen) atoms. The van der Waals surface area contributed by atoms with Crippen LogP contribution in [0.4, 0.5) is 0 Å². The van der Waals surface area contributed by atoms with Gasteiger partial charge in [0.1, 0.15) is 15.7 Å². The fourth-order valence-electron chi connectivity index (χ4n) is 1.74. The van der Waals surface area contributed by atoms with Crippen molar-refractivity contribution in [3.8, 4) is 17.2 Å². The molecule has 2 aliphatic rings. The average Bonchev–Trinajstić information content (AvgIpc) is 2.41. The van der Waals surface area contributed by atoms with Crippen molar-refractivity contribution < 1.29 is 9.52 Å². The Morgan fingerprint density at radius 3 is 2.45 bits per heavy atom. The molecule has 0 amide bonds. The van der Waals surface area contributed by atoms with E-state index >= 15 is 0 Å². The molecule has 3 rings (SSSR count). The minimum Gasteiger partial charge on any atom is -0.871 e. The molecule has 0 N–H and O–H groups in total.